The van der Waals surface area contributed by atoms with Crippen molar-refractivity contribution in [3.8, 4) is 11.5 Å². The van der Waals surface area contributed by atoms with Crippen LogP contribution in [0.2, 0.25) is 0 Å². The molecule has 0 aliphatic carbocycles. The fourth-order valence-corrected chi connectivity index (χ4v) is 1.69. The third-order valence-electron chi connectivity index (χ3n) is 2.06. The molecular weight excluding hydrogens is 244 g/mol. The zero-order valence-corrected chi connectivity index (χ0v) is 10.1. The second-order valence-electron chi connectivity index (χ2n) is 2.95. The van der Waals surface area contributed by atoms with Crippen LogP contribution < -0.4 is 9.47 Å². The van der Waals surface area contributed by atoms with E-state index in [0.29, 0.717) is 0 Å². The summed E-state index contributed by atoms with van der Waals surface area (Å²) in [5.41, 5.74) is 1.20. The second-order valence-corrected chi connectivity index (χ2v) is 3.74. The van der Waals surface area contributed by atoms with Crippen LogP contribution in [0.1, 0.15) is 12.0 Å². The molecule has 0 radical (unpaired) electrons. The Morgan fingerprint density at radius 1 is 1.21 bits per heavy atom. The van der Waals surface area contributed by atoms with Gasteiger partial charge in [-0.25, -0.2) is 0 Å². The van der Waals surface area contributed by atoms with Gasteiger partial charge >= 0.3 is 0 Å². The molecule has 0 saturated heterocycles. The van der Waals surface area contributed by atoms with Crippen molar-refractivity contribution in [2.45, 2.75) is 12.8 Å². The van der Waals surface area contributed by atoms with Crippen molar-refractivity contribution >= 4 is 15.9 Å². The van der Waals surface area contributed by atoms with Gasteiger partial charge in [0.1, 0.15) is 0 Å². The van der Waals surface area contributed by atoms with Crippen molar-refractivity contribution in [2.75, 3.05) is 19.5 Å². The normalized spacial score (nSPS) is 9.93. The summed E-state index contributed by atoms with van der Waals surface area (Å²) in [7, 11) is 3.33. The highest BCUT2D eigenvalue weighted by atomic mass is 79.9. The van der Waals surface area contributed by atoms with Crippen LogP contribution in [-0.4, -0.2) is 19.5 Å². The molecule has 0 aromatic heterocycles. The second kappa shape index (κ2) is 5.91. The van der Waals surface area contributed by atoms with Crippen LogP contribution in [0, 0.1) is 0 Å². The lowest BCUT2D eigenvalue weighted by molar-refractivity contribution is 0.351. The molecule has 2 nitrogen and oxygen atoms in total. The summed E-state index contributed by atoms with van der Waals surface area (Å²) >= 11 is 3.42. The lowest BCUT2D eigenvalue weighted by Crippen LogP contribution is -1.96. The summed E-state index contributed by atoms with van der Waals surface area (Å²) in [4.78, 5) is 0. The minimum absolute atomic E-state index is 0.805. The molecule has 0 unspecified atom stereocenters. The van der Waals surface area contributed by atoms with Crippen LogP contribution in [-0.2, 0) is 6.42 Å². The maximum absolute atomic E-state index is 5.32. The van der Waals surface area contributed by atoms with Crippen LogP contribution in [0.3, 0.4) is 0 Å². The Kier molecular flexibility index (Phi) is 4.80. The highest BCUT2D eigenvalue weighted by molar-refractivity contribution is 9.09. The van der Waals surface area contributed by atoms with Gasteiger partial charge in [0.05, 0.1) is 14.2 Å². The fraction of sp³-hybridized carbons (Fsp3) is 0.455. The van der Waals surface area contributed by atoms with Crippen molar-refractivity contribution in [3.05, 3.63) is 23.8 Å². The van der Waals surface area contributed by atoms with Crippen LogP contribution in [0.15, 0.2) is 18.2 Å². The topological polar surface area (TPSA) is 18.5 Å². The third kappa shape index (κ3) is 2.64. The maximum Gasteiger partial charge on any atom is 0.163 e. The summed E-state index contributed by atoms with van der Waals surface area (Å²) < 4.78 is 10.5. The van der Waals surface area contributed by atoms with Gasteiger partial charge in [-0.15, -0.1) is 0 Å². The number of ether oxygens (including phenoxy) is 2. The van der Waals surface area contributed by atoms with E-state index in [1.807, 2.05) is 12.1 Å². The van der Waals surface area contributed by atoms with Crippen LogP contribution >= 0.6 is 15.9 Å². The number of halogens is 1. The highest BCUT2D eigenvalue weighted by Crippen LogP contribution is 2.31. The minimum atomic E-state index is 0.805. The molecule has 0 bridgehead atoms. The van der Waals surface area contributed by atoms with Gasteiger partial charge in [0, 0.05) is 5.33 Å². The number of para-hydroxylation sites is 1. The standard InChI is InChI=1S/C11H15BrO2/c1-13-10-7-3-5-9(6-4-8-12)11(10)14-2/h3,5,7H,4,6,8H2,1-2H3. The maximum atomic E-state index is 5.32. The van der Waals surface area contributed by atoms with Crippen LogP contribution in [0.25, 0.3) is 0 Å². The van der Waals surface area contributed by atoms with Crippen LogP contribution in [0.4, 0.5) is 0 Å². The minimum Gasteiger partial charge on any atom is -0.493 e. The van der Waals surface area contributed by atoms with Gasteiger partial charge in [0.15, 0.2) is 11.5 Å². The lowest BCUT2D eigenvalue weighted by Gasteiger charge is -2.11. The van der Waals surface area contributed by atoms with E-state index >= 15 is 0 Å². The molecule has 1 aromatic carbocycles. The van der Waals surface area contributed by atoms with Gasteiger partial charge < -0.3 is 9.47 Å². The predicted octanol–water partition coefficient (Wildman–Crippen LogP) is 3.03. The lowest BCUT2D eigenvalue weighted by atomic mass is 10.1. The molecule has 14 heavy (non-hydrogen) atoms. The van der Waals surface area contributed by atoms with E-state index in [1.165, 1.54) is 5.56 Å². The largest absolute Gasteiger partial charge is 0.493 e. The van der Waals surface area contributed by atoms with Crippen molar-refractivity contribution in [1.82, 2.24) is 0 Å². The summed E-state index contributed by atoms with van der Waals surface area (Å²) in [6.07, 6.45) is 2.11. The van der Waals surface area contributed by atoms with Crippen molar-refractivity contribution in [2.24, 2.45) is 0 Å². The Hall–Kier alpha value is -0.700. The molecule has 0 amide bonds. The summed E-state index contributed by atoms with van der Waals surface area (Å²) in [5, 5.41) is 1.01. The number of rotatable bonds is 5. The van der Waals surface area contributed by atoms with Crippen molar-refractivity contribution < 1.29 is 9.47 Å². The Morgan fingerprint density at radius 3 is 2.57 bits per heavy atom. The van der Waals surface area contributed by atoms with Crippen molar-refractivity contribution in [3.63, 3.8) is 0 Å². The molecule has 1 rings (SSSR count). The van der Waals surface area contributed by atoms with Crippen molar-refractivity contribution in [1.29, 1.82) is 0 Å². The number of methoxy groups -OCH3 is 2. The molecule has 1 aromatic rings. The van der Waals surface area contributed by atoms with Gasteiger partial charge in [0.2, 0.25) is 0 Å². The smallest absolute Gasteiger partial charge is 0.163 e. The Balaban J connectivity index is 2.90. The zero-order chi connectivity index (χ0) is 10.4. The molecule has 0 saturated carbocycles. The van der Waals surface area contributed by atoms with Gasteiger partial charge in [-0.05, 0) is 24.5 Å². The number of hydrogen-bond donors (Lipinski definition) is 0. The number of aryl methyl sites for hydroxylation is 1. The average molecular weight is 259 g/mol. The summed E-state index contributed by atoms with van der Waals surface area (Å²) in [6, 6.07) is 5.98. The highest BCUT2D eigenvalue weighted by Gasteiger charge is 2.08. The summed E-state index contributed by atoms with van der Waals surface area (Å²) in [6.45, 7) is 0. The molecule has 0 N–H and O–H groups in total. The van der Waals surface area contributed by atoms with E-state index in [1.54, 1.807) is 14.2 Å². The fourth-order valence-electron chi connectivity index (χ4n) is 1.41. The SMILES string of the molecule is COc1cccc(CCCBr)c1OC. The Morgan fingerprint density at radius 2 is 2.00 bits per heavy atom. The molecule has 0 fully saturated rings. The van der Waals surface area contributed by atoms with Crippen LogP contribution in [0.5, 0.6) is 11.5 Å². The first-order valence-electron chi connectivity index (χ1n) is 4.59. The van der Waals surface area contributed by atoms with Gasteiger partial charge in [0.25, 0.3) is 0 Å². The monoisotopic (exact) mass is 258 g/mol. The molecule has 3 heteroatoms. The third-order valence-corrected chi connectivity index (χ3v) is 2.62. The van der Waals surface area contributed by atoms with E-state index in [-0.39, 0.29) is 0 Å². The van der Waals surface area contributed by atoms with E-state index in [9.17, 15) is 0 Å². The Bertz CT molecular complexity index is 287. The zero-order valence-electron chi connectivity index (χ0n) is 8.55. The number of benzene rings is 1. The number of hydrogen-bond acceptors (Lipinski definition) is 2. The van der Waals surface area contributed by atoms with E-state index in [4.69, 9.17) is 9.47 Å². The first-order chi connectivity index (χ1) is 6.83. The Labute approximate surface area is 93.4 Å². The molecule has 78 valence electrons. The van der Waals surface area contributed by atoms with Gasteiger partial charge in [-0.1, -0.05) is 28.1 Å². The van der Waals surface area contributed by atoms with E-state index in [0.717, 1.165) is 29.7 Å². The van der Waals surface area contributed by atoms with Gasteiger partial charge in [-0.3, -0.25) is 0 Å². The molecule has 0 aliphatic rings. The van der Waals surface area contributed by atoms with Gasteiger partial charge in [-0.2, -0.15) is 0 Å². The molecule has 0 heterocycles. The average Bonchev–Trinajstić information content (AvgIpc) is 2.25. The molecule has 0 atom stereocenters. The molecule has 0 aliphatic heterocycles. The quantitative estimate of drug-likeness (QED) is 0.757. The van der Waals surface area contributed by atoms with E-state index in [2.05, 4.69) is 22.0 Å². The number of alkyl halides is 1. The molecule has 0 spiro atoms. The first-order valence-corrected chi connectivity index (χ1v) is 5.71. The molecular formula is C11H15BrO2. The predicted molar refractivity (Wildman–Crippen MR) is 61.7 cm³/mol. The van der Waals surface area contributed by atoms with E-state index < -0.39 is 0 Å². The summed E-state index contributed by atoms with van der Waals surface area (Å²) in [5.74, 6) is 1.66. The first kappa shape index (κ1) is 11.4.